The van der Waals surface area contributed by atoms with Crippen LogP contribution in [0.3, 0.4) is 0 Å². The summed E-state index contributed by atoms with van der Waals surface area (Å²) in [7, 11) is 0. The molecule has 0 atom stereocenters. The minimum absolute atomic E-state index is 0.0469. The smallest absolute Gasteiger partial charge is 0.420 e. The molecule has 0 radical (unpaired) electrons. The summed E-state index contributed by atoms with van der Waals surface area (Å²) in [6.07, 6.45) is -0.805. The lowest BCUT2D eigenvalue weighted by Crippen LogP contribution is -2.52. The first-order valence-electron chi connectivity index (χ1n) is 10.3. The van der Waals surface area contributed by atoms with Crippen LogP contribution in [0.5, 0.6) is 5.75 Å². The number of pyridine rings is 1. The molecule has 4 heterocycles. The van der Waals surface area contributed by atoms with Crippen molar-refractivity contribution in [2.75, 3.05) is 24.5 Å². The third kappa shape index (κ3) is 4.08. The van der Waals surface area contributed by atoms with Gasteiger partial charge in [0.1, 0.15) is 17.4 Å². The number of hydrogen-bond donors (Lipinski definition) is 1. The predicted octanol–water partition coefficient (Wildman–Crippen LogP) is 4.46. The number of benzene rings is 1. The summed E-state index contributed by atoms with van der Waals surface area (Å²) in [6, 6.07) is 8.42. The number of phenols is 1. The molecule has 0 saturated carbocycles. The quantitative estimate of drug-likeness (QED) is 0.445. The van der Waals surface area contributed by atoms with Crippen LogP contribution in [0.4, 0.5) is 18.9 Å². The van der Waals surface area contributed by atoms with E-state index >= 15 is 0 Å². The standard InChI is InChI=1S/C23H16ClF3N4O4/c24-20-19(22(34)29-6-7-30(18(33)11-29)15-1-3-16(32)4-2-15)28-21-17(23(25,26)27)9-14(10-31(20)21)13-5-8-35-12-13/h1-5,8-10,12,32H,6-7,11H2. The van der Waals surface area contributed by atoms with Gasteiger partial charge in [0.2, 0.25) is 5.91 Å². The highest BCUT2D eigenvalue weighted by atomic mass is 35.5. The molecule has 1 aliphatic rings. The Hall–Kier alpha value is -3.99. The highest BCUT2D eigenvalue weighted by molar-refractivity contribution is 6.33. The Morgan fingerprint density at radius 3 is 2.49 bits per heavy atom. The second-order valence-electron chi connectivity index (χ2n) is 7.89. The number of alkyl halides is 3. The summed E-state index contributed by atoms with van der Waals surface area (Å²) < 4.78 is 47.5. The fourth-order valence-corrected chi connectivity index (χ4v) is 4.20. The van der Waals surface area contributed by atoms with Gasteiger partial charge in [-0.25, -0.2) is 4.98 Å². The van der Waals surface area contributed by atoms with Crippen molar-refractivity contribution < 1.29 is 32.3 Å². The maximum absolute atomic E-state index is 13.8. The monoisotopic (exact) mass is 504 g/mol. The van der Waals surface area contributed by atoms with Crippen LogP contribution in [0.2, 0.25) is 5.15 Å². The van der Waals surface area contributed by atoms with Gasteiger partial charge >= 0.3 is 6.18 Å². The number of piperazine rings is 1. The molecule has 0 bridgehead atoms. The van der Waals surface area contributed by atoms with Crippen molar-refractivity contribution >= 4 is 34.7 Å². The first-order valence-corrected chi connectivity index (χ1v) is 10.7. The minimum atomic E-state index is -4.76. The lowest BCUT2D eigenvalue weighted by Gasteiger charge is -2.34. The van der Waals surface area contributed by atoms with Gasteiger partial charge in [-0.1, -0.05) is 11.6 Å². The van der Waals surface area contributed by atoms with Gasteiger partial charge in [-0.2, -0.15) is 13.2 Å². The SMILES string of the molecule is O=C(c1nc2c(C(F)(F)F)cc(-c3ccoc3)cn2c1Cl)N1CCN(c2ccc(O)cc2)C(=O)C1. The number of halogens is 4. The van der Waals surface area contributed by atoms with Gasteiger partial charge in [0.15, 0.2) is 11.3 Å². The van der Waals surface area contributed by atoms with E-state index in [0.29, 0.717) is 11.3 Å². The van der Waals surface area contributed by atoms with E-state index in [0.717, 1.165) is 10.5 Å². The largest absolute Gasteiger partial charge is 0.508 e. The molecule has 1 aliphatic heterocycles. The Morgan fingerprint density at radius 2 is 1.86 bits per heavy atom. The van der Waals surface area contributed by atoms with E-state index < -0.39 is 29.2 Å². The normalized spacial score (nSPS) is 14.7. The number of phenolic OH excluding ortho intramolecular Hbond substituents is 1. The maximum atomic E-state index is 13.8. The van der Waals surface area contributed by atoms with Crippen molar-refractivity contribution in [2.45, 2.75) is 6.18 Å². The summed E-state index contributed by atoms with van der Waals surface area (Å²) in [5, 5.41) is 9.14. The molecule has 0 unspecified atom stereocenters. The average Bonchev–Trinajstić information content (AvgIpc) is 3.47. The lowest BCUT2D eigenvalue weighted by atomic mass is 10.1. The van der Waals surface area contributed by atoms with Crippen molar-refractivity contribution in [1.82, 2.24) is 14.3 Å². The van der Waals surface area contributed by atoms with E-state index in [1.807, 2.05) is 0 Å². The number of nitrogens with zero attached hydrogens (tertiary/aromatic N) is 4. The summed E-state index contributed by atoms with van der Waals surface area (Å²) in [4.78, 5) is 32.4. The number of amides is 2. The van der Waals surface area contributed by atoms with Gasteiger partial charge in [0, 0.05) is 36.1 Å². The number of anilines is 1. The van der Waals surface area contributed by atoms with E-state index in [1.54, 1.807) is 12.1 Å². The fourth-order valence-electron chi connectivity index (χ4n) is 3.95. The number of imidazole rings is 1. The highest BCUT2D eigenvalue weighted by Crippen LogP contribution is 2.37. The number of carbonyl (C=O) groups excluding carboxylic acids is 2. The second kappa shape index (κ2) is 8.35. The minimum Gasteiger partial charge on any atom is -0.508 e. The Morgan fingerprint density at radius 1 is 1.11 bits per heavy atom. The van der Waals surface area contributed by atoms with E-state index in [1.165, 1.54) is 46.7 Å². The van der Waals surface area contributed by atoms with E-state index in [-0.39, 0.29) is 41.8 Å². The van der Waals surface area contributed by atoms with Gasteiger partial charge in [0.05, 0.1) is 18.1 Å². The van der Waals surface area contributed by atoms with Crippen molar-refractivity contribution in [2.24, 2.45) is 0 Å². The summed E-state index contributed by atoms with van der Waals surface area (Å²) in [6.45, 7) is -0.0445. The Labute approximate surface area is 200 Å². The van der Waals surface area contributed by atoms with Gasteiger partial charge in [-0.3, -0.25) is 14.0 Å². The molecule has 0 aliphatic carbocycles. The molecule has 0 spiro atoms. The number of hydrogen-bond acceptors (Lipinski definition) is 5. The van der Waals surface area contributed by atoms with Crippen LogP contribution < -0.4 is 4.90 Å². The second-order valence-corrected chi connectivity index (χ2v) is 8.24. The van der Waals surface area contributed by atoms with Crippen molar-refractivity contribution in [3.63, 3.8) is 0 Å². The molecule has 8 nitrogen and oxygen atoms in total. The molecule has 1 saturated heterocycles. The van der Waals surface area contributed by atoms with Gasteiger partial charge < -0.3 is 19.3 Å². The number of aromatic hydroxyl groups is 1. The number of furan rings is 1. The van der Waals surface area contributed by atoms with Crippen LogP contribution in [0.15, 0.2) is 59.5 Å². The molecule has 180 valence electrons. The van der Waals surface area contributed by atoms with Crippen LogP contribution in [-0.4, -0.2) is 50.8 Å². The molecule has 1 aromatic carbocycles. The Bertz CT molecular complexity index is 1430. The van der Waals surface area contributed by atoms with Crippen LogP contribution >= 0.6 is 11.6 Å². The average molecular weight is 505 g/mol. The molecular weight excluding hydrogens is 489 g/mol. The topological polar surface area (TPSA) is 91.3 Å². The number of carbonyl (C=O) groups is 2. The summed E-state index contributed by atoms with van der Waals surface area (Å²) in [5.41, 5.74) is -0.849. The molecule has 3 aromatic heterocycles. The van der Waals surface area contributed by atoms with Crippen LogP contribution in [0.1, 0.15) is 16.1 Å². The number of rotatable bonds is 3. The number of fused-ring (bicyclic) bond motifs is 1. The van der Waals surface area contributed by atoms with E-state index in [9.17, 15) is 27.9 Å². The molecule has 12 heteroatoms. The van der Waals surface area contributed by atoms with Crippen LogP contribution in [0, 0.1) is 0 Å². The van der Waals surface area contributed by atoms with E-state index in [2.05, 4.69) is 4.98 Å². The predicted molar refractivity (Wildman–Crippen MR) is 119 cm³/mol. The molecule has 35 heavy (non-hydrogen) atoms. The first kappa shape index (κ1) is 22.8. The molecule has 5 rings (SSSR count). The Balaban J connectivity index is 1.48. The molecule has 1 fully saturated rings. The van der Waals surface area contributed by atoms with Crippen molar-refractivity contribution in [3.05, 3.63) is 71.5 Å². The van der Waals surface area contributed by atoms with Crippen LogP contribution in [-0.2, 0) is 11.0 Å². The maximum Gasteiger partial charge on any atom is 0.420 e. The van der Waals surface area contributed by atoms with Crippen LogP contribution in [0.25, 0.3) is 16.8 Å². The van der Waals surface area contributed by atoms with Crippen molar-refractivity contribution in [3.8, 4) is 16.9 Å². The third-order valence-electron chi connectivity index (χ3n) is 5.69. The number of aromatic nitrogens is 2. The van der Waals surface area contributed by atoms with Gasteiger partial charge in [0.25, 0.3) is 5.91 Å². The van der Waals surface area contributed by atoms with Crippen molar-refractivity contribution in [1.29, 1.82) is 0 Å². The zero-order chi connectivity index (χ0) is 24.9. The highest BCUT2D eigenvalue weighted by Gasteiger charge is 2.37. The Kier molecular flexibility index (Phi) is 5.43. The van der Waals surface area contributed by atoms with Gasteiger partial charge in [-0.05, 0) is 36.4 Å². The molecule has 2 amide bonds. The lowest BCUT2D eigenvalue weighted by molar-refractivity contribution is -0.136. The zero-order valence-electron chi connectivity index (χ0n) is 17.8. The van der Waals surface area contributed by atoms with E-state index in [4.69, 9.17) is 16.0 Å². The summed E-state index contributed by atoms with van der Waals surface area (Å²) in [5.74, 6) is -1.10. The first-order chi connectivity index (χ1) is 16.6. The molecule has 4 aromatic rings. The van der Waals surface area contributed by atoms with Gasteiger partial charge in [-0.15, -0.1) is 0 Å². The summed E-state index contributed by atoms with van der Waals surface area (Å²) >= 11 is 6.35. The molecular formula is C23H16ClF3N4O4. The zero-order valence-corrected chi connectivity index (χ0v) is 18.5. The third-order valence-corrected chi connectivity index (χ3v) is 6.05. The molecule has 1 N–H and O–H groups in total. The fraction of sp³-hybridized carbons (Fsp3) is 0.174.